The Morgan fingerprint density at radius 2 is 1.73 bits per heavy atom. The van der Waals surface area contributed by atoms with E-state index in [1.165, 1.54) is 11.3 Å². The normalized spacial score (nSPS) is 14.2. The van der Waals surface area contributed by atoms with Crippen LogP contribution in [-0.2, 0) is 16.1 Å². The Balaban J connectivity index is 1.47. The summed E-state index contributed by atoms with van der Waals surface area (Å²) in [5, 5.41) is 1.05. The number of nitrogens with zero attached hydrogens (tertiary/aromatic N) is 2. The maximum Gasteiger partial charge on any atom is 0.338 e. The summed E-state index contributed by atoms with van der Waals surface area (Å²) < 4.78 is 25.1. The van der Waals surface area contributed by atoms with Crippen molar-refractivity contribution in [1.29, 1.82) is 0 Å². The molecule has 1 aromatic heterocycles. The maximum atomic E-state index is 14.3. The zero-order valence-electron chi connectivity index (χ0n) is 26.9. The highest BCUT2D eigenvalue weighted by Gasteiger charge is 2.35. The Morgan fingerprint density at radius 1 is 0.918 bits per heavy atom. The summed E-state index contributed by atoms with van der Waals surface area (Å²) in [5.74, 6) is 1.07. The van der Waals surface area contributed by atoms with Crippen molar-refractivity contribution in [2.45, 2.75) is 26.5 Å². The Hall–Kier alpha value is -4.83. The fourth-order valence-electron chi connectivity index (χ4n) is 5.51. The number of thiazole rings is 1. The number of hydrogen-bond acceptors (Lipinski definition) is 8. The summed E-state index contributed by atoms with van der Waals surface area (Å²) in [6, 6.07) is 26.6. The fourth-order valence-corrected chi connectivity index (χ4v) is 6.98. The van der Waals surface area contributed by atoms with Crippen LogP contribution in [0, 0.1) is 0 Å². The van der Waals surface area contributed by atoms with Gasteiger partial charge in [-0.05, 0) is 67.4 Å². The van der Waals surface area contributed by atoms with Crippen molar-refractivity contribution in [3.63, 3.8) is 0 Å². The van der Waals surface area contributed by atoms with Crippen molar-refractivity contribution >= 4 is 52.3 Å². The number of esters is 1. The Labute approximate surface area is 297 Å². The molecule has 0 amide bonds. The summed E-state index contributed by atoms with van der Waals surface area (Å²) >= 11 is 13.6. The minimum Gasteiger partial charge on any atom is -0.497 e. The van der Waals surface area contributed by atoms with Crippen LogP contribution in [0.15, 0.2) is 106 Å². The molecule has 0 radical (unpaired) electrons. The van der Waals surface area contributed by atoms with Gasteiger partial charge in [-0.15, -0.1) is 0 Å². The third-order valence-corrected chi connectivity index (χ3v) is 9.32. The van der Waals surface area contributed by atoms with Gasteiger partial charge in [-0.25, -0.2) is 9.79 Å². The van der Waals surface area contributed by atoms with Gasteiger partial charge in [0.2, 0.25) is 0 Å². The van der Waals surface area contributed by atoms with E-state index < -0.39 is 12.0 Å². The first kappa shape index (κ1) is 34.0. The van der Waals surface area contributed by atoms with Gasteiger partial charge < -0.3 is 18.9 Å². The number of rotatable bonds is 11. The summed E-state index contributed by atoms with van der Waals surface area (Å²) in [5.41, 5.74) is 3.31. The largest absolute Gasteiger partial charge is 0.497 e. The monoisotopic (exact) mass is 714 g/mol. The number of benzene rings is 4. The fraction of sp³-hybridized carbons (Fsp3) is 0.184. The number of fused-ring (bicyclic) bond motifs is 1. The van der Waals surface area contributed by atoms with Gasteiger partial charge in [-0.1, -0.05) is 89.1 Å². The van der Waals surface area contributed by atoms with Gasteiger partial charge in [0.15, 0.2) is 16.3 Å². The third-order valence-electron chi connectivity index (χ3n) is 7.75. The molecular weight excluding hydrogens is 683 g/mol. The zero-order chi connectivity index (χ0) is 34.5. The molecule has 0 spiro atoms. The smallest absolute Gasteiger partial charge is 0.338 e. The number of aromatic nitrogens is 1. The molecular formula is C38H32Cl2N2O6S. The molecule has 250 valence electrons. The van der Waals surface area contributed by atoms with E-state index in [-0.39, 0.29) is 24.3 Å². The molecule has 49 heavy (non-hydrogen) atoms. The first-order chi connectivity index (χ1) is 23.8. The summed E-state index contributed by atoms with van der Waals surface area (Å²) in [6.45, 7) is 4.41. The van der Waals surface area contributed by atoms with E-state index in [0.717, 1.165) is 16.7 Å². The highest BCUT2D eigenvalue weighted by molar-refractivity contribution is 7.07. The first-order valence-corrected chi connectivity index (χ1v) is 17.1. The molecule has 1 aliphatic rings. The lowest BCUT2D eigenvalue weighted by Crippen LogP contribution is -2.40. The number of ether oxygens (including phenoxy) is 4. The second kappa shape index (κ2) is 15.2. The van der Waals surface area contributed by atoms with Gasteiger partial charge in [-0.3, -0.25) is 9.36 Å². The highest BCUT2D eigenvalue weighted by Crippen LogP contribution is 2.36. The van der Waals surface area contributed by atoms with Crippen LogP contribution in [0.1, 0.15) is 42.1 Å². The Kier molecular flexibility index (Phi) is 10.5. The van der Waals surface area contributed by atoms with Gasteiger partial charge >= 0.3 is 5.97 Å². The molecule has 1 aliphatic heterocycles. The molecule has 1 atom stereocenters. The van der Waals surface area contributed by atoms with E-state index in [4.69, 9.17) is 47.1 Å². The lowest BCUT2D eigenvalue weighted by molar-refractivity contribution is -0.138. The van der Waals surface area contributed by atoms with Gasteiger partial charge in [0.25, 0.3) is 5.56 Å². The van der Waals surface area contributed by atoms with E-state index in [0.29, 0.717) is 54.5 Å². The lowest BCUT2D eigenvalue weighted by Gasteiger charge is -2.26. The molecule has 0 aliphatic carbocycles. The van der Waals surface area contributed by atoms with Crippen LogP contribution in [0.5, 0.6) is 17.2 Å². The first-order valence-electron chi connectivity index (χ1n) is 15.6. The minimum atomic E-state index is -0.822. The van der Waals surface area contributed by atoms with Crippen molar-refractivity contribution in [2.24, 2.45) is 4.99 Å². The van der Waals surface area contributed by atoms with Crippen molar-refractivity contribution in [3.05, 3.63) is 149 Å². The molecule has 0 saturated heterocycles. The standard InChI is InChI=1S/C38H32Cl2N2O6S/c1-4-46-31-18-23(14-17-30(31)48-22-26-15-16-27(39)21-29(26)40)19-32-36(43)42-35(25-12-9-13-28(20-25)45-3)33(37(44)47-5-2)34(41-38(42)49-32)24-10-7-6-8-11-24/h6-21,35H,4-5,22H2,1-3H3/b32-19-/t35-/m1/s1. The molecule has 0 saturated carbocycles. The quantitative estimate of drug-likeness (QED) is 0.134. The molecule has 2 heterocycles. The number of methoxy groups -OCH3 is 1. The lowest BCUT2D eigenvalue weighted by atomic mass is 9.93. The Morgan fingerprint density at radius 3 is 2.47 bits per heavy atom. The molecule has 8 nitrogen and oxygen atoms in total. The van der Waals surface area contributed by atoms with Crippen LogP contribution in [0.3, 0.4) is 0 Å². The third kappa shape index (κ3) is 7.29. The van der Waals surface area contributed by atoms with Crippen molar-refractivity contribution < 1.29 is 23.7 Å². The predicted molar refractivity (Wildman–Crippen MR) is 192 cm³/mol. The topological polar surface area (TPSA) is 88.4 Å². The Bertz CT molecular complexity index is 2230. The van der Waals surface area contributed by atoms with Gasteiger partial charge in [-0.2, -0.15) is 0 Å². The van der Waals surface area contributed by atoms with E-state index in [1.54, 1.807) is 42.9 Å². The van der Waals surface area contributed by atoms with Crippen molar-refractivity contribution in [1.82, 2.24) is 4.57 Å². The number of carbonyl (C=O) groups is 1. The summed E-state index contributed by atoms with van der Waals surface area (Å²) in [7, 11) is 1.57. The van der Waals surface area contributed by atoms with E-state index >= 15 is 0 Å². The van der Waals surface area contributed by atoms with Gasteiger partial charge in [0.05, 0.1) is 42.2 Å². The molecule has 5 aromatic rings. The van der Waals surface area contributed by atoms with Gasteiger partial charge in [0, 0.05) is 21.2 Å². The number of hydrogen-bond donors (Lipinski definition) is 0. The van der Waals surface area contributed by atoms with E-state index in [9.17, 15) is 9.59 Å². The van der Waals surface area contributed by atoms with E-state index in [1.807, 2.05) is 79.7 Å². The summed E-state index contributed by atoms with van der Waals surface area (Å²) in [4.78, 5) is 33.4. The van der Waals surface area contributed by atoms with E-state index in [2.05, 4.69) is 0 Å². The average Bonchev–Trinajstić information content (AvgIpc) is 3.42. The van der Waals surface area contributed by atoms with Crippen LogP contribution in [0.25, 0.3) is 11.8 Å². The molecule has 0 unspecified atom stereocenters. The number of carbonyl (C=O) groups excluding carboxylic acids is 1. The SMILES string of the molecule is CCOC(=O)C1=C(c2ccccc2)N=c2s/c(=C\c3ccc(OCc4ccc(Cl)cc4Cl)c(OCC)c3)c(=O)n2[C@@H]1c1cccc(OC)c1. The average molecular weight is 716 g/mol. The van der Waals surface area contributed by atoms with Crippen molar-refractivity contribution in [3.8, 4) is 17.2 Å². The highest BCUT2D eigenvalue weighted by atomic mass is 35.5. The molecule has 4 aromatic carbocycles. The van der Waals surface area contributed by atoms with Crippen LogP contribution in [-0.4, -0.2) is 30.9 Å². The van der Waals surface area contributed by atoms with Crippen molar-refractivity contribution in [2.75, 3.05) is 20.3 Å². The predicted octanol–water partition coefficient (Wildman–Crippen LogP) is 7.23. The molecule has 0 fully saturated rings. The number of halogens is 2. The summed E-state index contributed by atoms with van der Waals surface area (Å²) in [6.07, 6.45) is 1.78. The molecule has 11 heteroatoms. The second-order valence-corrected chi connectivity index (χ2v) is 12.7. The van der Waals surface area contributed by atoms with Crippen LogP contribution in [0.2, 0.25) is 10.0 Å². The second-order valence-electron chi connectivity index (χ2n) is 10.9. The van der Waals surface area contributed by atoms with Crippen LogP contribution < -0.4 is 29.1 Å². The van der Waals surface area contributed by atoms with Gasteiger partial charge in [0.1, 0.15) is 12.4 Å². The maximum absolute atomic E-state index is 14.3. The van der Waals surface area contributed by atoms with Crippen LogP contribution >= 0.6 is 34.5 Å². The van der Waals surface area contributed by atoms with Crippen LogP contribution in [0.4, 0.5) is 0 Å². The molecule has 6 rings (SSSR count). The molecule has 0 N–H and O–H groups in total. The zero-order valence-corrected chi connectivity index (χ0v) is 29.3. The minimum absolute atomic E-state index is 0.161. The molecule has 0 bridgehead atoms.